The average Bonchev–Trinajstić information content (AvgIpc) is 2.98. The molecule has 2 aliphatic carbocycles. The number of nitriles is 1. The third-order valence-corrected chi connectivity index (χ3v) is 11.6. The minimum absolute atomic E-state index is 0.0714. The number of hydrogen-bond acceptors (Lipinski definition) is 3. The van der Waals surface area contributed by atoms with Crippen molar-refractivity contribution in [2.75, 3.05) is 7.11 Å². The highest BCUT2D eigenvalue weighted by Gasteiger charge is 2.54. The first-order valence-corrected chi connectivity index (χ1v) is 13.0. The van der Waals surface area contributed by atoms with Crippen LogP contribution in [0, 0.1) is 22.7 Å². The van der Waals surface area contributed by atoms with Gasteiger partial charge in [0.05, 0.1) is 24.7 Å². The highest BCUT2D eigenvalue weighted by Crippen LogP contribution is 2.55. The fourth-order valence-corrected chi connectivity index (χ4v) is 5.68. The molecule has 0 amide bonds. The number of fused-ring (bicyclic) bond motifs is 1. The van der Waals surface area contributed by atoms with E-state index >= 15 is 0 Å². The summed E-state index contributed by atoms with van der Waals surface area (Å²) < 4.78 is 12.0. The Morgan fingerprint density at radius 1 is 1.15 bits per heavy atom. The number of allylic oxidation sites excluding steroid dienone is 2. The molecule has 4 heteroatoms. The number of hydrogen-bond donors (Lipinski definition) is 0. The summed E-state index contributed by atoms with van der Waals surface area (Å²) in [6, 6.07) is 11.0. The van der Waals surface area contributed by atoms with Crippen molar-refractivity contribution in [3.8, 4) is 11.8 Å². The number of ether oxygens (including phenoxy) is 1. The van der Waals surface area contributed by atoms with Crippen LogP contribution in [0.25, 0.3) is 5.57 Å². The summed E-state index contributed by atoms with van der Waals surface area (Å²) in [7, 11) is -0.195. The lowest BCUT2D eigenvalue weighted by Crippen LogP contribution is -2.48. The molecule has 146 valence electrons. The van der Waals surface area contributed by atoms with E-state index in [1.54, 1.807) is 7.11 Å². The van der Waals surface area contributed by atoms with Crippen LogP contribution < -0.4 is 4.74 Å². The Labute approximate surface area is 165 Å². The van der Waals surface area contributed by atoms with Gasteiger partial charge in [0.1, 0.15) is 5.75 Å². The minimum atomic E-state index is -1.89. The van der Waals surface area contributed by atoms with Gasteiger partial charge in [-0.15, -0.1) is 0 Å². The second-order valence-electron chi connectivity index (χ2n) is 9.62. The van der Waals surface area contributed by atoms with Crippen LogP contribution in [0.3, 0.4) is 0 Å². The Morgan fingerprint density at radius 3 is 2.37 bits per heavy atom. The molecule has 0 heterocycles. The molecule has 3 rings (SSSR count). The molecule has 0 saturated heterocycles. The summed E-state index contributed by atoms with van der Waals surface area (Å²) >= 11 is 0. The van der Waals surface area contributed by atoms with E-state index in [2.05, 4.69) is 58.1 Å². The van der Waals surface area contributed by atoms with Gasteiger partial charge in [-0.3, -0.25) is 0 Å². The Kier molecular flexibility index (Phi) is 5.31. The summed E-state index contributed by atoms with van der Waals surface area (Å²) in [4.78, 5) is 0. The maximum atomic E-state index is 10.2. The monoisotopic (exact) mass is 383 g/mol. The van der Waals surface area contributed by atoms with Crippen LogP contribution in [-0.4, -0.2) is 21.5 Å². The molecule has 0 radical (unpaired) electrons. The standard InChI is InChI=1S/C23H33NO2Si/c1-22(2,3)27(5,6)26-21-12-9-19-15-18(13-14-23(19,21)16-24)17-7-10-20(25-4)11-8-17/h7-8,10-11,15,19,21H,9,12-14H2,1-6H3/t19-,21-,23-/m1/s1. The van der Waals surface area contributed by atoms with E-state index in [9.17, 15) is 5.26 Å². The van der Waals surface area contributed by atoms with Crippen molar-refractivity contribution in [2.45, 2.75) is 70.7 Å². The van der Waals surface area contributed by atoms with Crippen LogP contribution >= 0.6 is 0 Å². The molecule has 27 heavy (non-hydrogen) atoms. The van der Waals surface area contributed by atoms with Crippen molar-refractivity contribution in [1.82, 2.24) is 0 Å². The van der Waals surface area contributed by atoms with Crippen molar-refractivity contribution in [3.63, 3.8) is 0 Å². The third-order valence-electron chi connectivity index (χ3n) is 7.10. The van der Waals surface area contributed by atoms with Crippen LogP contribution in [0.1, 0.15) is 52.0 Å². The van der Waals surface area contributed by atoms with E-state index < -0.39 is 8.32 Å². The lowest BCUT2D eigenvalue weighted by Gasteiger charge is -2.44. The van der Waals surface area contributed by atoms with Crippen molar-refractivity contribution >= 4 is 13.9 Å². The summed E-state index contributed by atoms with van der Waals surface area (Å²) in [5, 5.41) is 10.4. The summed E-state index contributed by atoms with van der Waals surface area (Å²) in [5.74, 6) is 1.17. The number of methoxy groups -OCH3 is 1. The van der Waals surface area contributed by atoms with E-state index in [0.29, 0.717) is 5.92 Å². The second kappa shape index (κ2) is 7.11. The first-order valence-electron chi connectivity index (χ1n) is 10.1. The van der Waals surface area contributed by atoms with Gasteiger partial charge in [-0.1, -0.05) is 39.0 Å². The highest BCUT2D eigenvalue weighted by atomic mass is 28.4. The molecule has 0 bridgehead atoms. The Balaban J connectivity index is 1.85. The average molecular weight is 384 g/mol. The van der Waals surface area contributed by atoms with Crippen molar-refractivity contribution in [3.05, 3.63) is 35.9 Å². The van der Waals surface area contributed by atoms with Crippen LogP contribution in [0.2, 0.25) is 18.1 Å². The molecule has 1 saturated carbocycles. The summed E-state index contributed by atoms with van der Waals surface area (Å²) in [6.07, 6.45) is 6.31. The normalized spacial score (nSPS) is 28.3. The number of rotatable bonds is 4. The predicted molar refractivity (Wildman–Crippen MR) is 113 cm³/mol. The van der Waals surface area contributed by atoms with E-state index in [-0.39, 0.29) is 16.6 Å². The van der Waals surface area contributed by atoms with E-state index in [4.69, 9.17) is 9.16 Å². The molecule has 1 fully saturated rings. The fourth-order valence-electron chi connectivity index (χ4n) is 4.28. The maximum absolute atomic E-state index is 10.2. The fraction of sp³-hybridized carbons (Fsp3) is 0.609. The van der Waals surface area contributed by atoms with Crippen LogP contribution in [0.5, 0.6) is 5.75 Å². The van der Waals surface area contributed by atoms with Crippen LogP contribution in [0.15, 0.2) is 30.3 Å². The van der Waals surface area contributed by atoms with E-state index in [0.717, 1.165) is 31.4 Å². The van der Waals surface area contributed by atoms with Gasteiger partial charge in [0.2, 0.25) is 0 Å². The lowest BCUT2D eigenvalue weighted by molar-refractivity contribution is 0.0792. The largest absolute Gasteiger partial charge is 0.497 e. The topological polar surface area (TPSA) is 42.2 Å². The summed E-state index contributed by atoms with van der Waals surface area (Å²) in [5.41, 5.74) is 2.25. The van der Waals surface area contributed by atoms with Gasteiger partial charge in [-0.25, -0.2) is 0 Å². The van der Waals surface area contributed by atoms with Gasteiger partial charge in [0.15, 0.2) is 8.32 Å². The van der Waals surface area contributed by atoms with Crippen molar-refractivity contribution in [2.24, 2.45) is 11.3 Å². The number of nitrogens with zero attached hydrogens (tertiary/aromatic N) is 1. The zero-order valence-corrected chi connectivity index (χ0v) is 18.6. The second-order valence-corrected chi connectivity index (χ2v) is 14.4. The molecular weight excluding hydrogens is 350 g/mol. The zero-order valence-electron chi connectivity index (χ0n) is 17.6. The SMILES string of the molecule is COc1ccc(C2=C[C@H]3CC[C@@H](O[Si](C)(C)C(C)(C)C)[C@@]3(C#N)CC2)cc1. The van der Waals surface area contributed by atoms with Gasteiger partial charge >= 0.3 is 0 Å². The van der Waals surface area contributed by atoms with Gasteiger partial charge in [-0.05, 0) is 73.0 Å². The Morgan fingerprint density at radius 2 is 1.81 bits per heavy atom. The molecule has 1 aromatic rings. The Hall–Kier alpha value is -1.57. The smallest absolute Gasteiger partial charge is 0.192 e. The van der Waals surface area contributed by atoms with E-state index in [1.807, 2.05) is 12.1 Å². The first-order chi connectivity index (χ1) is 12.6. The minimum Gasteiger partial charge on any atom is -0.497 e. The molecule has 0 spiro atoms. The van der Waals surface area contributed by atoms with Gasteiger partial charge in [0.25, 0.3) is 0 Å². The predicted octanol–water partition coefficient (Wildman–Crippen LogP) is 6.18. The molecule has 0 aliphatic heterocycles. The van der Waals surface area contributed by atoms with Gasteiger partial charge < -0.3 is 9.16 Å². The lowest BCUT2D eigenvalue weighted by atomic mass is 9.68. The molecular formula is C23H33NO2Si. The third kappa shape index (κ3) is 3.60. The van der Waals surface area contributed by atoms with Gasteiger partial charge in [0, 0.05) is 0 Å². The molecule has 1 aromatic carbocycles. The highest BCUT2D eigenvalue weighted by molar-refractivity contribution is 6.74. The van der Waals surface area contributed by atoms with Crippen LogP contribution in [-0.2, 0) is 4.43 Å². The Bertz CT molecular complexity index is 754. The van der Waals surface area contributed by atoms with Crippen molar-refractivity contribution in [1.29, 1.82) is 5.26 Å². The zero-order chi connectivity index (χ0) is 19.9. The molecule has 0 N–H and O–H groups in total. The van der Waals surface area contributed by atoms with Gasteiger partial charge in [-0.2, -0.15) is 5.26 Å². The van der Waals surface area contributed by atoms with Crippen LogP contribution in [0.4, 0.5) is 0 Å². The molecule has 0 aromatic heterocycles. The number of benzene rings is 1. The molecule has 2 aliphatic rings. The first kappa shape index (κ1) is 20.2. The quantitative estimate of drug-likeness (QED) is 0.583. The summed E-state index contributed by atoms with van der Waals surface area (Å²) in [6.45, 7) is 11.4. The van der Waals surface area contributed by atoms with E-state index in [1.165, 1.54) is 11.1 Å². The van der Waals surface area contributed by atoms with Crippen molar-refractivity contribution < 1.29 is 9.16 Å². The molecule has 3 atom stereocenters. The molecule has 3 nitrogen and oxygen atoms in total. The molecule has 0 unspecified atom stereocenters. The maximum Gasteiger partial charge on any atom is 0.192 e.